The third-order valence-corrected chi connectivity index (χ3v) is 5.83. The van der Waals surface area contributed by atoms with Gasteiger partial charge in [-0.2, -0.15) is 4.99 Å². The van der Waals surface area contributed by atoms with E-state index in [-0.39, 0.29) is 11.7 Å². The summed E-state index contributed by atoms with van der Waals surface area (Å²) in [4.78, 5) is 29.1. The zero-order valence-corrected chi connectivity index (χ0v) is 17.1. The van der Waals surface area contributed by atoms with Crippen molar-refractivity contribution in [3.63, 3.8) is 0 Å². The molecule has 2 aromatic heterocycles. The van der Waals surface area contributed by atoms with Gasteiger partial charge in [-0.25, -0.2) is 14.8 Å². The minimum atomic E-state index is -0.530. The third-order valence-electron chi connectivity index (χ3n) is 5.83. The number of aliphatic hydroxyl groups is 1. The van der Waals surface area contributed by atoms with Crippen molar-refractivity contribution in [3.8, 4) is 0 Å². The Labute approximate surface area is 178 Å². The lowest BCUT2D eigenvalue weighted by Crippen LogP contribution is -2.27. The van der Waals surface area contributed by atoms with Crippen LogP contribution in [-0.2, 0) is 0 Å². The van der Waals surface area contributed by atoms with E-state index >= 15 is 0 Å². The molecule has 0 amide bonds. The number of nitrogens with one attached hydrogen (secondary N) is 1. The van der Waals surface area contributed by atoms with Gasteiger partial charge >= 0.3 is 5.69 Å². The predicted octanol–water partition coefficient (Wildman–Crippen LogP) is 3.49. The molecule has 5 rings (SSSR count). The fraction of sp³-hybridized carbons (Fsp3) is 0.217. The van der Waals surface area contributed by atoms with Gasteiger partial charge in [-0.05, 0) is 49.7 Å². The number of imidazole rings is 2. The predicted molar refractivity (Wildman–Crippen MR) is 120 cm³/mol. The van der Waals surface area contributed by atoms with E-state index in [0.29, 0.717) is 30.3 Å². The fourth-order valence-corrected chi connectivity index (χ4v) is 4.37. The van der Waals surface area contributed by atoms with Gasteiger partial charge in [-0.1, -0.05) is 36.4 Å². The molecule has 0 unspecified atom stereocenters. The van der Waals surface area contributed by atoms with E-state index in [0.717, 1.165) is 22.2 Å². The minimum Gasteiger partial charge on any atom is -0.388 e. The number of aromatic nitrogens is 4. The van der Waals surface area contributed by atoms with Crippen LogP contribution in [0.25, 0.3) is 11.0 Å². The maximum atomic E-state index is 12.9. The highest BCUT2D eigenvalue weighted by molar-refractivity contribution is 5.95. The summed E-state index contributed by atoms with van der Waals surface area (Å²) in [5.74, 6) is 0.815. The van der Waals surface area contributed by atoms with E-state index in [1.54, 1.807) is 15.5 Å². The first-order valence-corrected chi connectivity index (χ1v) is 10.1. The Morgan fingerprint density at radius 3 is 2.71 bits per heavy atom. The summed E-state index contributed by atoms with van der Waals surface area (Å²) in [5.41, 5.74) is 3.84. The normalized spacial score (nSPS) is 18.8. The number of benzene rings is 2. The average molecular weight is 414 g/mol. The summed E-state index contributed by atoms with van der Waals surface area (Å²) in [6.07, 6.45) is 2.32. The summed E-state index contributed by atoms with van der Waals surface area (Å²) >= 11 is 0. The van der Waals surface area contributed by atoms with Crippen LogP contribution in [0.1, 0.15) is 41.8 Å². The Bertz CT molecular complexity index is 1380. The smallest absolute Gasteiger partial charge is 0.327 e. The van der Waals surface area contributed by atoms with Crippen molar-refractivity contribution < 1.29 is 5.11 Å². The van der Waals surface area contributed by atoms with E-state index < -0.39 is 6.10 Å². The number of H-pyrrole nitrogens is 1. The van der Waals surface area contributed by atoms with Crippen LogP contribution in [0, 0.1) is 6.92 Å². The second-order valence-electron chi connectivity index (χ2n) is 7.66. The van der Waals surface area contributed by atoms with Crippen LogP contribution in [0.5, 0.6) is 0 Å². The highest BCUT2D eigenvalue weighted by atomic mass is 16.3. The minimum absolute atomic E-state index is 0.235. The zero-order chi connectivity index (χ0) is 21.5. The van der Waals surface area contributed by atoms with Crippen molar-refractivity contribution in [2.75, 3.05) is 0 Å². The molecule has 0 fully saturated rings. The van der Waals surface area contributed by atoms with E-state index in [2.05, 4.69) is 21.7 Å². The Kier molecular flexibility index (Phi) is 4.63. The summed E-state index contributed by atoms with van der Waals surface area (Å²) in [6, 6.07) is 15.1. The molecule has 2 aromatic carbocycles. The molecule has 2 N–H and O–H groups in total. The topological polar surface area (TPSA) is 101 Å². The molecule has 8 nitrogen and oxygen atoms in total. The Balaban J connectivity index is 1.68. The Hall–Kier alpha value is -3.78. The van der Waals surface area contributed by atoms with Crippen molar-refractivity contribution in [2.24, 2.45) is 9.98 Å². The first kappa shape index (κ1) is 19.2. The van der Waals surface area contributed by atoms with Crippen LogP contribution in [0.2, 0.25) is 0 Å². The molecule has 1 aliphatic rings. The van der Waals surface area contributed by atoms with E-state index in [4.69, 9.17) is 4.99 Å². The number of para-hydroxylation sites is 2. The van der Waals surface area contributed by atoms with Crippen LogP contribution >= 0.6 is 0 Å². The number of aromatic amines is 1. The fourth-order valence-electron chi connectivity index (χ4n) is 4.37. The number of rotatable bonds is 2. The number of fused-ring (bicyclic) bond motifs is 2. The van der Waals surface area contributed by atoms with Gasteiger partial charge in [0.1, 0.15) is 6.33 Å². The molecular weight excluding hydrogens is 392 g/mol. The van der Waals surface area contributed by atoms with E-state index in [9.17, 15) is 9.90 Å². The van der Waals surface area contributed by atoms with Crippen LogP contribution in [0.3, 0.4) is 0 Å². The maximum Gasteiger partial charge on any atom is 0.327 e. The standard InChI is InChI=1S/C23H22N6O2/c1-14-21(27-22(24-2)28-13-25-17-9-5-6-10-19(17)28)29(23(31)26-14)18-11-12-20(30)16-8-4-3-7-15(16)18/h3-10,13,18,20,30H,2,11-12H2,1H3,(H,26,31)/b27-22+/t18-,20-/m1/s1. The molecule has 8 heteroatoms. The largest absolute Gasteiger partial charge is 0.388 e. The van der Waals surface area contributed by atoms with Crippen LogP contribution in [0.15, 0.2) is 69.6 Å². The van der Waals surface area contributed by atoms with Gasteiger partial charge < -0.3 is 10.1 Å². The SMILES string of the molecule is C=N/C(=N\c1c(C)[nH]c(=O)n1[C@@H]1CC[C@@H](O)c2ccccc21)n1cnc2ccccc21. The molecule has 31 heavy (non-hydrogen) atoms. The molecule has 0 spiro atoms. The van der Waals surface area contributed by atoms with Crippen LogP contribution < -0.4 is 5.69 Å². The molecule has 2 atom stereocenters. The number of aliphatic imine (C=N–C) groups is 2. The molecule has 0 saturated carbocycles. The molecule has 0 saturated heterocycles. The lowest BCUT2D eigenvalue weighted by Gasteiger charge is -2.29. The Morgan fingerprint density at radius 1 is 1.16 bits per heavy atom. The monoisotopic (exact) mass is 414 g/mol. The summed E-state index contributed by atoms with van der Waals surface area (Å²) < 4.78 is 3.41. The maximum absolute atomic E-state index is 12.9. The van der Waals surface area contributed by atoms with Crippen LogP contribution in [-0.4, -0.2) is 36.9 Å². The highest BCUT2D eigenvalue weighted by Gasteiger charge is 2.30. The number of hydrogen-bond donors (Lipinski definition) is 2. The quantitative estimate of drug-likeness (QED) is 0.388. The van der Waals surface area contributed by atoms with Gasteiger partial charge in [0.25, 0.3) is 0 Å². The first-order chi connectivity index (χ1) is 15.1. The highest BCUT2D eigenvalue weighted by Crippen LogP contribution is 2.39. The molecule has 0 radical (unpaired) electrons. The lowest BCUT2D eigenvalue weighted by atomic mass is 9.85. The van der Waals surface area contributed by atoms with Crippen LogP contribution in [0.4, 0.5) is 5.82 Å². The second-order valence-corrected chi connectivity index (χ2v) is 7.66. The number of hydrogen-bond acceptors (Lipinski definition) is 4. The molecule has 156 valence electrons. The van der Waals surface area contributed by atoms with Gasteiger partial charge in [0.2, 0.25) is 5.96 Å². The van der Waals surface area contributed by atoms with Crippen molar-refractivity contribution in [1.82, 2.24) is 19.1 Å². The molecule has 1 aliphatic carbocycles. The van der Waals surface area contributed by atoms with Gasteiger partial charge in [0.05, 0.1) is 28.9 Å². The molecule has 4 aromatic rings. The Morgan fingerprint density at radius 2 is 1.90 bits per heavy atom. The van der Waals surface area contributed by atoms with Gasteiger partial charge in [0, 0.05) is 0 Å². The van der Waals surface area contributed by atoms with Gasteiger partial charge in [-0.15, -0.1) is 0 Å². The van der Waals surface area contributed by atoms with Crippen molar-refractivity contribution in [3.05, 3.63) is 82.2 Å². The van der Waals surface area contributed by atoms with E-state index in [1.165, 1.54) is 0 Å². The molecular formula is C23H22N6O2. The molecule has 0 aliphatic heterocycles. The summed E-state index contributed by atoms with van der Waals surface area (Å²) in [5, 5.41) is 10.4. The summed E-state index contributed by atoms with van der Waals surface area (Å²) in [6.45, 7) is 5.50. The lowest BCUT2D eigenvalue weighted by molar-refractivity contribution is 0.147. The summed E-state index contributed by atoms with van der Waals surface area (Å²) in [7, 11) is 0. The first-order valence-electron chi connectivity index (χ1n) is 10.1. The number of aryl methyl sites for hydroxylation is 1. The van der Waals surface area contributed by atoms with Gasteiger partial charge in [0.15, 0.2) is 5.82 Å². The zero-order valence-electron chi connectivity index (χ0n) is 17.1. The molecule has 0 bridgehead atoms. The van der Waals surface area contributed by atoms with E-state index in [1.807, 2.05) is 55.5 Å². The van der Waals surface area contributed by atoms with Crippen molar-refractivity contribution in [2.45, 2.75) is 31.9 Å². The second kappa shape index (κ2) is 7.48. The van der Waals surface area contributed by atoms with Crippen molar-refractivity contribution >= 4 is 29.5 Å². The number of nitrogens with zero attached hydrogens (tertiary/aromatic N) is 5. The third kappa shape index (κ3) is 3.12. The van der Waals surface area contributed by atoms with Gasteiger partial charge in [-0.3, -0.25) is 9.13 Å². The average Bonchev–Trinajstić information content (AvgIpc) is 3.33. The molecule has 2 heterocycles. The van der Waals surface area contributed by atoms with Crippen molar-refractivity contribution in [1.29, 1.82) is 0 Å². The number of aliphatic hydroxyl groups excluding tert-OH is 1.